The Bertz CT molecular complexity index is 483. The minimum absolute atomic E-state index is 0.177. The summed E-state index contributed by atoms with van der Waals surface area (Å²) in [6.45, 7) is 1.66. The minimum Gasteiger partial charge on any atom is -0.465 e. The van der Waals surface area contributed by atoms with Gasteiger partial charge in [0.2, 0.25) is 11.8 Å². The topological polar surface area (TPSA) is 63.7 Å². The average Bonchev–Trinajstić information content (AvgIpc) is 2.95. The summed E-state index contributed by atoms with van der Waals surface area (Å²) in [4.78, 5) is 37.3. The van der Waals surface area contributed by atoms with Crippen LogP contribution in [0, 0.1) is 5.92 Å². The molecule has 102 valence electrons. The Morgan fingerprint density at radius 3 is 2.95 bits per heavy atom. The van der Waals surface area contributed by atoms with E-state index < -0.39 is 5.97 Å². The molecule has 0 N–H and O–H groups in total. The largest absolute Gasteiger partial charge is 0.465 e. The van der Waals surface area contributed by atoms with Gasteiger partial charge in [-0.25, -0.2) is 0 Å². The number of nitrogens with zero attached hydrogens (tertiary/aromatic N) is 1. The van der Waals surface area contributed by atoms with Crippen molar-refractivity contribution in [3.05, 3.63) is 22.4 Å². The van der Waals surface area contributed by atoms with E-state index in [4.69, 9.17) is 4.74 Å². The van der Waals surface area contributed by atoms with Crippen LogP contribution in [-0.2, 0) is 25.5 Å². The van der Waals surface area contributed by atoms with Crippen LogP contribution >= 0.6 is 11.3 Å². The SMILES string of the molecule is CCOC(=O)CN1C(=O)CC(Cc2cccs2)C1=O. The van der Waals surface area contributed by atoms with E-state index in [-0.39, 0.29) is 37.3 Å². The standard InChI is InChI=1S/C13H15NO4S/c1-2-18-12(16)8-14-11(15)7-9(13(14)17)6-10-4-3-5-19-10/h3-5,9H,2,6-8H2,1H3. The van der Waals surface area contributed by atoms with Crippen molar-refractivity contribution in [1.82, 2.24) is 4.90 Å². The molecule has 1 aliphatic rings. The van der Waals surface area contributed by atoms with Gasteiger partial charge in [-0.2, -0.15) is 0 Å². The third-order valence-corrected chi connectivity index (χ3v) is 3.86. The van der Waals surface area contributed by atoms with Crippen molar-refractivity contribution in [2.75, 3.05) is 13.2 Å². The molecule has 0 aromatic carbocycles. The lowest BCUT2D eigenvalue weighted by Crippen LogP contribution is -2.36. The Labute approximate surface area is 115 Å². The fourth-order valence-corrected chi connectivity index (χ4v) is 2.87. The van der Waals surface area contributed by atoms with E-state index in [1.807, 2.05) is 17.5 Å². The molecule has 19 heavy (non-hydrogen) atoms. The molecule has 0 radical (unpaired) electrons. The summed E-state index contributed by atoms with van der Waals surface area (Å²) in [5.74, 6) is -1.45. The molecule has 5 nitrogen and oxygen atoms in total. The second kappa shape index (κ2) is 5.97. The molecule has 1 aromatic heterocycles. The van der Waals surface area contributed by atoms with Gasteiger partial charge in [-0.1, -0.05) is 6.07 Å². The van der Waals surface area contributed by atoms with E-state index in [0.717, 1.165) is 9.78 Å². The molecule has 2 rings (SSSR count). The molecule has 1 fully saturated rings. The molecule has 0 saturated carbocycles. The molecule has 1 saturated heterocycles. The molecule has 1 aliphatic heterocycles. The summed E-state index contributed by atoms with van der Waals surface area (Å²) in [5.41, 5.74) is 0. The number of imide groups is 1. The number of thiophene rings is 1. The van der Waals surface area contributed by atoms with E-state index in [0.29, 0.717) is 6.42 Å². The zero-order chi connectivity index (χ0) is 13.8. The molecule has 6 heteroatoms. The maximum atomic E-state index is 12.1. The molecule has 1 aromatic rings. The number of ether oxygens (including phenoxy) is 1. The fourth-order valence-electron chi connectivity index (χ4n) is 2.08. The van der Waals surface area contributed by atoms with Crippen LogP contribution < -0.4 is 0 Å². The Kier molecular flexibility index (Phi) is 4.31. The predicted molar refractivity (Wildman–Crippen MR) is 69.5 cm³/mol. The van der Waals surface area contributed by atoms with Crippen LogP contribution in [0.3, 0.4) is 0 Å². The molecule has 2 amide bonds. The maximum absolute atomic E-state index is 12.1. The van der Waals surface area contributed by atoms with Crippen molar-refractivity contribution in [3.8, 4) is 0 Å². The molecule has 1 atom stereocenters. The first kappa shape index (κ1) is 13.7. The first-order chi connectivity index (χ1) is 9.11. The number of rotatable bonds is 5. The van der Waals surface area contributed by atoms with E-state index in [1.54, 1.807) is 18.3 Å². The lowest BCUT2D eigenvalue weighted by molar-refractivity contribution is -0.152. The van der Waals surface area contributed by atoms with Gasteiger partial charge in [-0.3, -0.25) is 19.3 Å². The lowest BCUT2D eigenvalue weighted by atomic mass is 10.0. The highest BCUT2D eigenvalue weighted by atomic mass is 32.1. The summed E-state index contributed by atoms with van der Waals surface area (Å²) in [6, 6.07) is 3.86. The van der Waals surface area contributed by atoms with E-state index >= 15 is 0 Å². The van der Waals surface area contributed by atoms with Crippen molar-refractivity contribution in [3.63, 3.8) is 0 Å². The fraction of sp³-hybridized carbons (Fsp3) is 0.462. The molecular formula is C13H15NO4S. The Balaban J connectivity index is 1.98. The van der Waals surface area contributed by atoms with Crippen LogP contribution in [0.1, 0.15) is 18.2 Å². The Hall–Kier alpha value is -1.69. The summed E-state index contributed by atoms with van der Waals surface area (Å²) in [5, 5.41) is 1.94. The first-order valence-corrected chi connectivity index (χ1v) is 7.02. The van der Waals surface area contributed by atoms with Crippen molar-refractivity contribution in [1.29, 1.82) is 0 Å². The van der Waals surface area contributed by atoms with Crippen LogP contribution in [0.5, 0.6) is 0 Å². The number of esters is 1. The normalized spacial score (nSPS) is 19.0. The summed E-state index contributed by atoms with van der Waals surface area (Å²) in [7, 11) is 0. The number of hydrogen-bond donors (Lipinski definition) is 0. The summed E-state index contributed by atoms with van der Waals surface area (Å²) >= 11 is 1.56. The highest BCUT2D eigenvalue weighted by Crippen LogP contribution is 2.25. The molecule has 0 aliphatic carbocycles. The maximum Gasteiger partial charge on any atom is 0.326 e. The van der Waals surface area contributed by atoms with Gasteiger partial charge in [-0.05, 0) is 24.8 Å². The monoisotopic (exact) mass is 281 g/mol. The van der Waals surface area contributed by atoms with Gasteiger partial charge < -0.3 is 4.74 Å². The average molecular weight is 281 g/mol. The molecule has 0 spiro atoms. The number of hydrogen-bond acceptors (Lipinski definition) is 5. The lowest BCUT2D eigenvalue weighted by Gasteiger charge is -2.13. The van der Waals surface area contributed by atoms with Crippen LogP contribution in [-0.4, -0.2) is 35.8 Å². The summed E-state index contributed by atoms with van der Waals surface area (Å²) < 4.78 is 4.76. The van der Waals surface area contributed by atoms with E-state index in [9.17, 15) is 14.4 Å². The van der Waals surface area contributed by atoms with Crippen LogP contribution in [0.25, 0.3) is 0 Å². The third-order valence-electron chi connectivity index (χ3n) is 2.96. The molecular weight excluding hydrogens is 266 g/mol. The van der Waals surface area contributed by atoms with Gasteiger partial charge in [0, 0.05) is 11.3 Å². The molecule has 2 heterocycles. The molecule has 0 bridgehead atoms. The third kappa shape index (κ3) is 3.20. The van der Waals surface area contributed by atoms with Crippen molar-refractivity contribution in [2.24, 2.45) is 5.92 Å². The smallest absolute Gasteiger partial charge is 0.326 e. The minimum atomic E-state index is -0.541. The van der Waals surface area contributed by atoms with E-state index in [2.05, 4.69) is 0 Å². The quantitative estimate of drug-likeness (QED) is 0.601. The second-order valence-electron chi connectivity index (χ2n) is 4.31. The molecule has 1 unspecified atom stereocenters. The number of carbonyl (C=O) groups is 3. The zero-order valence-corrected chi connectivity index (χ0v) is 11.4. The first-order valence-electron chi connectivity index (χ1n) is 6.14. The van der Waals surface area contributed by atoms with Gasteiger partial charge in [-0.15, -0.1) is 11.3 Å². The van der Waals surface area contributed by atoms with Gasteiger partial charge in [0.15, 0.2) is 0 Å². The van der Waals surface area contributed by atoms with Gasteiger partial charge >= 0.3 is 5.97 Å². The summed E-state index contributed by atoms with van der Waals surface area (Å²) in [6.07, 6.45) is 0.734. The Morgan fingerprint density at radius 2 is 2.32 bits per heavy atom. The second-order valence-corrected chi connectivity index (χ2v) is 5.34. The zero-order valence-electron chi connectivity index (χ0n) is 10.6. The van der Waals surface area contributed by atoms with Gasteiger partial charge in [0.25, 0.3) is 0 Å². The van der Waals surface area contributed by atoms with Gasteiger partial charge in [0.1, 0.15) is 6.54 Å². The van der Waals surface area contributed by atoms with Crippen molar-refractivity contribution < 1.29 is 19.1 Å². The predicted octanol–water partition coefficient (Wildman–Crippen LogP) is 1.23. The van der Waals surface area contributed by atoms with Gasteiger partial charge in [0.05, 0.1) is 12.5 Å². The van der Waals surface area contributed by atoms with E-state index in [1.165, 1.54) is 0 Å². The number of carbonyl (C=O) groups excluding carboxylic acids is 3. The highest BCUT2D eigenvalue weighted by molar-refractivity contribution is 7.09. The number of likely N-dealkylation sites (tertiary alicyclic amines) is 1. The Morgan fingerprint density at radius 1 is 1.53 bits per heavy atom. The van der Waals surface area contributed by atoms with Crippen LogP contribution in [0.4, 0.5) is 0 Å². The highest BCUT2D eigenvalue weighted by Gasteiger charge is 2.39. The van der Waals surface area contributed by atoms with Crippen molar-refractivity contribution >= 4 is 29.1 Å². The van der Waals surface area contributed by atoms with Crippen LogP contribution in [0.15, 0.2) is 17.5 Å². The van der Waals surface area contributed by atoms with Crippen LogP contribution in [0.2, 0.25) is 0 Å². The van der Waals surface area contributed by atoms with Crippen molar-refractivity contribution in [2.45, 2.75) is 19.8 Å². The number of amides is 2.